The first-order valence-corrected chi connectivity index (χ1v) is 6.77. The van der Waals surface area contributed by atoms with E-state index in [1.54, 1.807) is 0 Å². The predicted octanol–water partition coefficient (Wildman–Crippen LogP) is 4.36. The summed E-state index contributed by atoms with van der Waals surface area (Å²) in [6, 6.07) is 8.19. The summed E-state index contributed by atoms with van der Waals surface area (Å²) in [5, 5.41) is 2.81. The van der Waals surface area contributed by atoms with Crippen LogP contribution >= 0.6 is 0 Å². The maximum atomic E-state index is 11.8. The maximum absolute atomic E-state index is 11.8. The molecule has 0 radical (unpaired) electrons. The van der Waals surface area contributed by atoms with E-state index >= 15 is 0 Å². The molecule has 0 heterocycles. The van der Waals surface area contributed by atoms with Crippen molar-refractivity contribution in [2.75, 3.05) is 0 Å². The summed E-state index contributed by atoms with van der Waals surface area (Å²) in [5.74, 6) is 0. The van der Waals surface area contributed by atoms with E-state index in [0.717, 1.165) is 16.8 Å². The molecule has 0 saturated carbocycles. The molecule has 106 valence electrons. The molecule has 1 aromatic carbocycles. The van der Waals surface area contributed by atoms with Crippen molar-refractivity contribution in [1.29, 1.82) is 0 Å². The van der Waals surface area contributed by atoms with Crippen molar-refractivity contribution in [3.8, 4) is 0 Å². The smallest absolute Gasteiger partial charge is 0.411 e. The average Bonchev–Trinajstić information content (AvgIpc) is 2.65. The highest BCUT2D eigenvalue weighted by Crippen LogP contribution is 2.35. The van der Waals surface area contributed by atoms with Gasteiger partial charge in [-0.2, -0.15) is 0 Å². The van der Waals surface area contributed by atoms with Gasteiger partial charge in [0, 0.05) is 11.3 Å². The number of rotatable bonds is 1. The first-order valence-electron chi connectivity index (χ1n) is 6.77. The molecule has 3 heteroatoms. The van der Waals surface area contributed by atoms with Gasteiger partial charge in [0.05, 0.1) is 0 Å². The van der Waals surface area contributed by atoms with Crippen molar-refractivity contribution < 1.29 is 9.53 Å². The molecule has 0 atom stereocenters. The Morgan fingerprint density at radius 3 is 2.35 bits per heavy atom. The van der Waals surface area contributed by atoms with E-state index < -0.39 is 11.7 Å². The number of carbonyl (C=O) groups excluding carboxylic acids is 1. The van der Waals surface area contributed by atoms with Gasteiger partial charge in [-0.05, 0) is 57.4 Å². The first-order chi connectivity index (χ1) is 9.28. The third-order valence-electron chi connectivity index (χ3n) is 3.10. The highest BCUT2D eigenvalue weighted by Gasteiger charge is 2.20. The van der Waals surface area contributed by atoms with Crippen LogP contribution in [-0.4, -0.2) is 11.7 Å². The SMILES string of the molecule is CC1=CC(=C(C)NC(=O)OC(C)(C)C)c2ccccc21. The van der Waals surface area contributed by atoms with Crippen LogP contribution in [0.25, 0.3) is 11.1 Å². The number of hydrogen-bond donors (Lipinski definition) is 1. The highest BCUT2D eigenvalue weighted by molar-refractivity contribution is 5.96. The van der Waals surface area contributed by atoms with Gasteiger partial charge in [-0.3, -0.25) is 5.32 Å². The second kappa shape index (κ2) is 5.16. The van der Waals surface area contributed by atoms with E-state index in [2.05, 4.69) is 30.4 Å². The molecule has 0 bridgehead atoms. The van der Waals surface area contributed by atoms with E-state index in [0.29, 0.717) is 0 Å². The Morgan fingerprint density at radius 2 is 1.75 bits per heavy atom. The average molecular weight is 271 g/mol. The van der Waals surface area contributed by atoms with Crippen molar-refractivity contribution >= 4 is 17.2 Å². The minimum atomic E-state index is -0.492. The van der Waals surface area contributed by atoms with Crippen LogP contribution in [0, 0.1) is 0 Å². The number of ether oxygens (including phenoxy) is 1. The van der Waals surface area contributed by atoms with Crippen LogP contribution in [0.5, 0.6) is 0 Å². The third kappa shape index (κ3) is 3.10. The maximum Gasteiger partial charge on any atom is 0.411 e. The van der Waals surface area contributed by atoms with Gasteiger partial charge >= 0.3 is 6.09 Å². The number of carbonyl (C=O) groups is 1. The van der Waals surface area contributed by atoms with Crippen LogP contribution in [0.4, 0.5) is 4.79 Å². The lowest BCUT2D eigenvalue weighted by molar-refractivity contribution is 0.0546. The van der Waals surface area contributed by atoms with Gasteiger partial charge in [0.15, 0.2) is 0 Å². The Labute approximate surface area is 120 Å². The molecular weight excluding hydrogens is 250 g/mol. The molecule has 1 N–H and O–H groups in total. The number of benzene rings is 1. The summed E-state index contributed by atoms with van der Waals surface area (Å²) >= 11 is 0. The van der Waals surface area contributed by atoms with Gasteiger partial charge in [0.1, 0.15) is 5.60 Å². The van der Waals surface area contributed by atoms with Gasteiger partial charge in [-0.1, -0.05) is 24.3 Å². The molecule has 1 aliphatic carbocycles. The zero-order valence-corrected chi connectivity index (χ0v) is 12.7. The number of allylic oxidation sites excluding steroid dienone is 4. The molecule has 1 aromatic rings. The zero-order valence-electron chi connectivity index (χ0n) is 12.7. The fourth-order valence-electron chi connectivity index (χ4n) is 2.27. The summed E-state index contributed by atoms with van der Waals surface area (Å²) in [5.41, 5.74) is 4.94. The molecule has 1 aliphatic rings. The molecule has 0 unspecified atom stereocenters. The fourth-order valence-corrected chi connectivity index (χ4v) is 2.27. The Kier molecular flexibility index (Phi) is 3.71. The van der Waals surface area contributed by atoms with E-state index in [9.17, 15) is 4.79 Å². The fraction of sp³-hybridized carbons (Fsp3) is 0.353. The lowest BCUT2D eigenvalue weighted by Gasteiger charge is -2.20. The molecule has 0 spiro atoms. The summed E-state index contributed by atoms with van der Waals surface area (Å²) < 4.78 is 5.28. The topological polar surface area (TPSA) is 38.3 Å². The molecule has 0 aliphatic heterocycles. The quantitative estimate of drug-likeness (QED) is 0.824. The van der Waals surface area contributed by atoms with Crippen molar-refractivity contribution in [2.24, 2.45) is 0 Å². The number of nitrogens with one attached hydrogen (secondary N) is 1. The van der Waals surface area contributed by atoms with Crippen molar-refractivity contribution in [2.45, 2.75) is 40.2 Å². The van der Waals surface area contributed by atoms with E-state index in [4.69, 9.17) is 4.74 Å². The molecule has 0 fully saturated rings. The molecule has 2 rings (SSSR count). The molecule has 20 heavy (non-hydrogen) atoms. The summed E-state index contributed by atoms with van der Waals surface area (Å²) in [4.78, 5) is 11.8. The van der Waals surface area contributed by atoms with Gasteiger partial charge in [0.25, 0.3) is 0 Å². The second-order valence-electron chi connectivity index (χ2n) is 6.04. The van der Waals surface area contributed by atoms with Crippen LogP contribution in [0.15, 0.2) is 36.0 Å². The molecule has 0 aromatic heterocycles. The van der Waals surface area contributed by atoms with Crippen LogP contribution in [0.1, 0.15) is 45.7 Å². The standard InChI is InChI=1S/C17H21NO2/c1-11-10-15(14-9-7-6-8-13(11)14)12(2)18-16(19)20-17(3,4)5/h6-10H,1-5H3,(H,18,19). The predicted molar refractivity (Wildman–Crippen MR) is 82.1 cm³/mol. The zero-order chi connectivity index (χ0) is 14.9. The Hall–Kier alpha value is -2.03. The molecule has 3 nitrogen and oxygen atoms in total. The molecule has 1 amide bonds. The van der Waals surface area contributed by atoms with Crippen molar-refractivity contribution in [3.63, 3.8) is 0 Å². The summed E-state index contributed by atoms with van der Waals surface area (Å²) in [6.45, 7) is 9.52. The van der Waals surface area contributed by atoms with E-state index in [1.807, 2.05) is 39.8 Å². The Morgan fingerprint density at radius 1 is 1.15 bits per heavy atom. The monoisotopic (exact) mass is 271 g/mol. The number of fused-ring (bicyclic) bond motifs is 1. The van der Waals surface area contributed by atoms with Gasteiger partial charge < -0.3 is 4.74 Å². The van der Waals surface area contributed by atoms with Crippen LogP contribution < -0.4 is 5.32 Å². The molecular formula is C17H21NO2. The van der Waals surface area contributed by atoms with E-state index in [1.165, 1.54) is 11.1 Å². The summed E-state index contributed by atoms with van der Waals surface area (Å²) in [6.07, 6.45) is 1.68. The minimum Gasteiger partial charge on any atom is -0.444 e. The first kappa shape index (κ1) is 14.4. The molecule has 0 saturated heterocycles. The normalized spacial score (nSPS) is 16.4. The van der Waals surface area contributed by atoms with Crippen molar-refractivity contribution in [1.82, 2.24) is 5.32 Å². The lowest BCUT2D eigenvalue weighted by atomic mass is 10.0. The van der Waals surface area contributed by atoms with Crippen molar-refractivity contribution in [3.05, 3.63) is 47.2 Å². The summed E-state index contributed by atoms with van der Waals surface area (Å²) in [7, 11) is 0. The lowest BCUT2D eigenvalue weighted by Crippen LogP contribution is -2.31. The van der Waals surface area contributed by atoms with Crippen LogP contribution in [0.2, 0.25) is 0 Å². The number of amides is 1. The van der Waals surface area contributed by atoms with Gasteiger partial charge in [-0.25, -0.2) is 4.79 Å². The Balaban J connectivity index is 2.25. The number of hydrogen-bond acceptors (Lipinski definition) is 2. The van der Waals surface area contributed by atoms with Crippen LogP contribution in [0.3, 0.4) is 0 Å². The second-order valence-corrected chi connectivity index (χ2v) is 6.04. The Bertz CT molecular complexity index is 604. The van der Waals surface area contributed by atoms with Gasteiger partial charge in [0.2, 0.25) is 0 Å². The largest absolute Gasteiger partial charge is 0.444 e. The van der Waals surface area contributed by atoms with Gasteiger partial charge in [-0.15, -0.1) is 0 Å². The van der Waals surface area contributed by atoms with E-state index in [-0.39, 0.29) is 0 Å². The third-order valence-corrected chi connectivity index (χ3v) is 3.10. The number of alkyl carbamates (subject to hydrolysis) is 1. The minimum absolute atomic E-state index is 0.419. The highest BCUT2D eigenvalue weighted by atomic mass is 16.6. The van der Waals surface area contributed by atoms with Crippen LogP contribution in [-0.2, 0) is 4.74 Å².